The Kier molecular flexibility index (Phi) is 4.87. The fourth-order valence-corrected chi connectivity index (χ4v) is 5.62. The molecule has 8 nitrogen and oxygen atoms in total. The Bertz CT molecular complexity index is 1210. The molecule has 3 heterocycles. The number of nitriles is 1. The lowest BCUT2D eigenvalue weighted by molar-refractivity contribution is -0.385. The normalized spacial score (nSPS) is 13.3. The number of hydrogen-bond donors (Lipinski definition) is 0. The minimum Gasteiger partial charge on any atom is -0.287 e. The zero-order valence-corrected chi connectivity index (χ0v) is 16.6. The van der Waals surface area contributed by atoms with E-state index in [0.29, 0.717) is 16.7 Å². The molecule has 3 aromatic rings. The summed E-state index contributed by atoms with van der Waals surface area (Å²) >= 11 is 2.71. The molecule has 4 rings (SSSR count). The van der Waals surface area contributed by atoms with Crippen LogP contribution in [0, 0.1) is 21.4 Å². The van der Waals surface area contributed by atoms with Crippen molar-refractivity contribution in [3.63, 3.8) is 0 Å². The predicted octanol–water partition coefficient (Wildman–Crippen LogP) is 3.68. The van der Waals surface area contributed by atoms with Crippen molar-refractivity contribution in [3.05, 3.63) is 48.7 Å². The maximum atomic E-state index is 13.1. The van der Waals surface area contributed by atoms with Crippen LogP contribution in [0.1, 0.15) is 35.9 Å². The van der Waals surface area contributed by atoms with Gasteiger partial charge < -0.3 is 0 Å². The summed E-state index contributed by atoms with van der Waals surface area (Å²) in [6.07, 6.45) is 4.12. The van der Waals surface area contributed by atoms with Crippen molar-refractivity contribution < 1.29 is 4.92 Å². The van der Waals surface area contributed by atoms with Crippen LogP contribution in [0.25, 0.3) is 10.2 Å². The smallest absolute Gasteiger partial charge is 0.287 e. The Morgan fingerprint density at radius 1 is 1.36 bits per heavy atom. The van der Waals surface area contributed by atoms with Crippen LogP contribution in [0.4, 0.5) is 5.69 Å². The first-order valence-electron chi connectivity index (χ1n) is 8.82. The number of pyridine rings is 1. The molecule has 0 fully saturated rings. The standard InChI is InChI=1S/C18H15N5O3S2/c1-2-22-17(24)15-10-5-3-4-6-13(10)27-16(15)21-18(22)28-14-8-7-12(23(25)26)11(9-19)20-14/h7-8H,2-6H2,1H3. The summed E-state index contributed by atoms with van der Waals surface area (Å²) < 4.78 is 1.60. The van der Waals surface area contributed by atoms with Gasteiger partial charge in [0.25, 0.3) is 5.56 Å². The van der Waals surface area contributed by atoms with E-state index in [1.165, 1.54) is 17.0 Å². The Balaban J connectivity index is 1.82. The SMILES string of the molecule is CCn1c(Sc2ccc([N+](=O)[O-])c(C#N)n2)nc2sc3c(c2c1=O)CCCC3. The molecule has 0 N–H and O–H groups in total. The molecule has 0 spiro atoms. The van der Waals surface area contributed by atoms with Gasteiger partial charge in [-0.3, -0.25) is 19.5 Å². The fraction of sp³-hybridized carbons (Fsp3) is 0.333. The van der Waals surface area contributed by atoms with Gasteiger partial charge in [-0.25, -0.2) is 9.97 Å². The summed E-state index contributed by atoms with van der Waals surface area (Å²) in [5.41, 5.74) is 0.488. The van der Waals surface area contributed by atoms with Gasteiger partial charge in [0.15, 0.2) is 5.16 Å². The molecule has 0 atom stereocenters. The first kappa shape index (κ1) is 18.6. The first-order valence-corrected chi connectivity index (χ1v) is 10.4. The van der Waals surface area contributed by atoms with E-state index in [-0.39, 0.29) is 16.9 Å². The van der Waals surface area contributed by atoms with Crippen molar-refractivity contribution in [2.75, 3.05) is 0 Å². The van der Waals surface area contributed by atoms with Crippen LogP contribution in [0.2, 0.25) is 0 Å². The molecular weight excluding hydrogens is 398 g/mol. The summed E-state index contributed by atoms with van der Waals surface area (Å²) in [6, 6.07) is 4.48. The molecule has 0 unspecified atom stereocenters. The van der Waals surface area contributed by atoms with Crippen molar-refractivity contribution in [2.45, 2.75) is 49.3 Å². The Morgan fingerprint density at radius 3 is 2.86 bits per heavy atom. The third-order valence-electron chi connectivity index (χ3n) is 4.70. The topological polar surface area (TPSA) is 115 Å². The first-order chi connectivity index (χ1) is 13.5. The van der Waals surface area contributed by atoms with E-state index in [1.807, 2.05) is 6.92 Å². The van der Waals surface area contributed by atoms with Crippen LogP contribution in [0.5, 0.6) is 0 Å². The average molecular weight is 413 g/mol. The lowest BCUT2D eigenvalue weighted by Gasteiger charge is -2.12. The monoisotopic (exact) mass is 413 g/mol. The number of thiophene rings is 1. The molecule has 142 valence electrons. The van der Waals surface area contributed by atoms with Gasteiger partial charge in [0, 0.05) is 17.5 Å². The van der Waals surface area contributed by atoms with E-state index < -0.39 is 4.92 Å². The van der Waals surface area contributed by atoms with Crippen molar-refractivity contribution in [1.82, 2.24) is 14.5 Å². The molecule has 0 amide bonds. The predicted molar refractivity (Wildman–Crippen MR) is 106 cm³/mol. The van der Waals surface area contributed by atoms with Gasteiger partial charge in [-0.1, -0.05) is 0 Å². The van der Waals surface area contributed by atoms with E-state index in [1.54, 1.807) is 22.0 Å². The summed E-state index contributed by atoms with van der Waals surface area (Å²) in [4.78, 5) is 34.2. The van der Waals surface area contributed by atoms with Gasteiger partial charge in [-0.2, -0.15) is 5.26 Å². The van der Waals surface area contributed by atoms with Gasteiger partial charge in [0.1, 0.15) is 15.9 Å². The third kappa shape index (κ3) is 3.06. The third-order valence-corrected chi connectivity index (χ3v) is 6.82. The summed E-state index contributed by atoms with van der Waals surface area (Å²) in [7, 11) is 0. The maximum absolute atomic E-state index is 13.1. The van der Waals surface area contributed by atoms with Crippen LogP contribution in [0.15, 0.2) is 27.1 Å². The molecule has 0 saturated carbocycles. The summed E-state index contributed by atoms with van der Waals surface area (Å²) in [5.74, 6) is 0. The van der Waals surface area contributed by atoms with Crippen molar-refractivity contribution in [2.24, 2.45) is 0 Å². The van der Waals surface area contributed by atoms with Gasteiger partial charge in [0.05, 0.1) is 10.3 Å². The van der Waals surface area contributed by atoms with Gasteiger partial charge in [-0.15, -0.1) is 11.3 Å². The molecule has 0 aromatic carbocycles. The maximum Gasteiger partial charge on any atom is 0.305 e. The van der Waals surface area contributed by atoms with Crippen LogP contribution in [-0.2, 0) is 19.4 Å². The van der Waals surface area contributed by atoms with E-state index >= 15 is 0 Å². The highest BCUT2D eigenvalue weighted by atomic mass is 32.2. The molecule has 28 heavy (non-hydrogen) atoms. The molecule has 0 radical (unpaired) electrons. The molecule has 1 aliphatic carbocycles. The van der Waals surface area contributed by atoms with Gasteiger partial charge in [-0.05, 0) is 56.0 Å². The second-order valence-corrected chi connectivity index (χ2v) is 8.39. The Morgan fingerprint density at radius 2 is 2.14 bits per heavy atom. The van der Waals surface area contributed by atoms with Crippen molar-refractivity contribution in [3.8, 4) is 6.07 Å². The molecule has 0 aliphatic heterocycles. The number of aromatic nitrogens is 3. The molecule has 0 bridgehead atoms. The Hall–Kier alpha value is -2.77. The number of hydrogen-bond acceptors (Lipinski definition) is 8. The van der Waals surface area contributed by atoms with Gasteiger partial charge in [0.2, 0.25) is 5.69 Å². The molecule has 1 aliphatic rings. The van der Waals surface area contributed by atoms with E-state index in [9.17, 15) is 14.9 Å². The average Bonchev–Trinajstić information content (AvgIpc) is 3.06. The van der Waals surface area contributed by atoms with Crippen LogP contribution >= 0.6 is 23.1 Å². The van der Waals surface area contributed by atoms with Crippen LogP contribution < -0.4 is 5.56 Å². The lowest BCUT2D eigenvalue weighted by atomic mass is 9.97. The van der Waals surface area contributed by atoms with E-state index in [0.717, 1.165) is 53.2 Å². The highest BCUT2D eigenvalue weighted by Crippen LogP contribution is 2.35. The number of nitrogens with zero attached hydrogens (tertiary/aromatic N) is 5. The number of rotatable bonds is 4. The van der Waals surface area contributed by atoms with Crippen molar-refractivity contribution in [1.29, 1.82) is 5.26 Å². The number of nitro groups is 1. The Labute approximate surface area is 168 Å². The zero-order valence-electron chi connectivity index (χ0n) is 15.0. The van der Waals surface area contributed by atoms with E-state index in [2.05, 4.69) is 4.98 Å². The minimum atomic E-state index is -0.636. The highest BCUT2D eigenvalue weighted by Gasteiger charge is 2.23. The highest BCUT2D eigenvalue weighted by molar-refractivity contribution is 7.99. The molecular formula is C18H15N5O3S2. The summed E-state index contributed by atoms with van der Waals surface area (Å²) in [6.45, 7) is 2.33. The fourth-order valence-electron chi connectivity index (χ4n) is 3.39. The van der Waals surface area contributed by atoms with Gasteiger partial charge >= 0.3 is 5.69 Å². The van der Waals surface area contributed by atoms with Crippen LogP contribution in [0.3, 0.4) is 0 Å². The largest absolute Gasteiger partial charge is 0.305 e. The minimum absolute atomic E-state index is 0.0585. The zero-order chi connectivity index (χ0) is 19.8. The molecule has 10 heteroatoms. The molecule has 3 aromatic heterocycles. The number of fused-ring (bicyclic) bond motifs is 3. The number of aryl methyl sites for hydroxylation is 2. The summed E-state index contributed by atoms with van der Waals surface area (Å²) in [5, 5.41) is 21.7. The quantitative estimate of drug-likeness (QED) is 0.364. The second kappa shape index (κ2) is 7.33. The lowest BCUT2D eigenvalue weighted by Crippen LogP contribution is -2.22. The van der Waals surface area contributed by atoms with E-state index in [4.69, 9.17) is 10.2 Å². The van der Waals surface area contributed by atoms with Crippen LogP contribution in [-0.4, -0.2) is 19.5 Å². The second-order valence-electron chi connectivity index (χ2n) is 6.32. The molecule has 0 saturated heterocycles. The van der Waals surface area contributed by atoms with Crippen molar-refractivity contribution >= 4 is 39.0 Å².